The molecule has 68 valence electrons. The van der Waals surface area contributed by atoms with Crippen LogP contribution in [0.1, 0.15) is 26.7 Å². The Balaban J connectivity index is 2.23. The first kappa shape index (κ1) is 9.95. The molecule has 1 heterocycles. The molecule has 1 nitrogen and oxygen atoms in total. The molecule has 12 heavy (non-hydrogen) atoms. The van der Waals surface area contributed by atoms with E-state index >= 15 is 0 Å². The smallest absolute Gasteiger partial charge is 0.0578 e. The molecule has 1 aliphatic heterocycles. The number of hydrogen-bond acceptors (Lipinski definition) is 2. The molecule has 1 N–H and O–H groups in total. The highest BCUT2D eigenvalue weighted by Crippen LogP contribution is 2.24. The van der Waals surface area contributed by atoms with E-state index in [4.69, 9.17) is 0 Å². The van der Waals surface area contributed by atoms with Gasteiger partial charge in [-0.2, -0.15) is 11.8 Å². The second-order valence-corrected chi connectivity index (χ2v) is 4.62. The molecule has 2 atom stereocenters. The first-order valence-electron chi connectivity index (χ1n) is 4.59. The Morgan fingerprint density at radius 3 is 3.08 bits per heavy atom. The zero-order valence-electron chi connectivity index (χ0n) is 7.89. The van der Waals surface area contributed by atoms with Crippen LogP contribution in [0.25, 0.3) is 0 Å². The third-order valence-electron chi connectivity index (χ3n) is 2.24. The van der Waals surface area contributed by atoms with Crippen molar-refractivity contribution >= 4 is 11.8 Å². The summed E-state index contributed by atoms with van der Waals surface area (Å²) in [7, 11) is 0. The largest absolute Gasteiger partial charge is 0.302 e. The van der Waals surface area contributed by atoms with Crippen LogP contribution in [0.5, 0.6) is 0 Å². The molecule has 1 saturated heterocycles. The fraction of sp³-hybridized carbons (Fsp3) is 0.800. The van der Waals surface area contributed by atoms with Crippen molar-refractivity contribution in [1.82, 2.24) is 5.32 Å². The molecule has 0 spiro atoms. The first-order valence-corrected chi connectivity index (χ1v) is 5.64. The van der Waals surface area contributed by atoms with Gasteiger partial charge in [0, 0.05) is 11.3 Å². The number of rotatable bonds is 2. The van der Waals surface area contributed by atoms with Gasteiger partial charge in [-0.15, -0.1) is 5.92 Å². The van der Waals surface area contributed by atoms with Crippen molar-refractivity contribution in [1.29, 1.82) is 0 Å². The van der Waals surface area contributed by atoms with Gasteiger partial charge in [0.05, 0.1) is 6.54 Å². The molecule has 0 amide bonds. The van der Waals surface area contributed by atoms with Crippen molar-refractivity contribution in [3.05, 3.63) is 0 Å². The molecule has 1 rings (SSSR count). The lowest BCUT2D eigenvalue weighted by atomic mass is 10.1. The number of hydrogen-bond donors (Lipinski definition) is 1. The van der Waals surface area contributed by atoms with Crippen LogP contribution in [0.3, 0.4) is 0 Å². The van der Waals surface area contributed by atoms with Gasteiger partial charge in [-0.25, -0.2) is 0 Å². The molecule has 2 heteroatoms. The minimum absolute atomic E-state index is 0.685. The van der Waals surface area contributed by atoms with Crippen molar-refractivity contribution < 1.29 is 0 Å². The van der Waals surface area contributed by atoms with Crippen LogP contribution in [-0.4, -0.2) is 23.6 Å². The Morgan fingerprint density at radius 2 is 2.42 bits per heavy atom. The SMILES string of the molecule is CC#CCNC1CCCSC1C. The summed E-state index contributed by atoms with van der Waals surface area (Å²) in [6, 6.07) is 0.685. The quantitative estimate of drug-likeness (QED) is 0.656. The van der Waals surface area contributed by atoms with Crippen LogP contribution < -0.4 is 5.32 Å². The Kier molecular flexibility index (Phi) is 4.57. The third kappa shape index (κ3) is 3.08. The minimum Gasteiger partial charge on any atom is -0.302 e. The van der Waals surface area contributed by atoms with Crippen molar-refractivity contribution in [3.8, 4) is 11.8 Å². The summed E-state index contributed by atoms with van der Waals surface area (Å²) in [6.07, 6.45) is 2.67. The highest BCUT2D eigenvalue weighted by molar-refractivity contribution is 7.99. The van der Waals surface area contributed by atoms with Crippen LogP contribution in [0.4, 0.5) is 0 Å². The molecule has 1 fully saturated rings. The number of nitrogens with one attached hydrogen (secondary N) is 1. The molecule has 0 saturated carbocycles. The maximum Gasteiger partial charge on any atom is 0.0578 e. The number of thioether (sulfide) groups is 1. The molecule has 0 aromatic heterocycles. The van der Waals surface area contributed by atoms with Gasteiger partial charge < -0.3 is 5.32 Å². The summed E-state index contributed by atoms with van der Waals surface area (Å²) in [5.41, 5.74) is 0. The van der Waals surface area contributed by atoms with E-state index in [1.807, 2.05) is 6.92 Å². The topological polar surface area (TPSA) is 12.0 Å². The average Bonchev–Trinajstić information content (AvgIpc) is 2.09. The highest BCUT2D eigenvalue weighted by Gasteiger charge is 2.20. The van der Waals surface area contributed by atoms with E-state index in [1.165, 1.54) is 18.6 Å². The first-order chi connectivity index (χ1) is 5.84. The summed E-state index contributed by atoms with van der Waals surface area (Å²) >= 11 is 2.07. The van der Waals surface area contributed by atoms with E-state index < -0.39 is 0 Å². The predicted octanol–water partition coefficient (Wildman–Crippen LogP) is 1.88. The monoisotopic (exact) mass is 183 g/mol. The fourth-order valence-electron chi connectivity index (χ4n) is 1.46. The maximum absolute atomic E-state index is 3.48. The van der Waals surface area contributed by atoms with Gasteiger partial charge in [0.15, 0.2) is 0 Å². The minimum atomic E-state index is 0.685. The van der Waals surface area contributed by atoms with E-state index in [1.54, 1.807) is 0 Å². The molecule has 0 aromatic rings. The van der Waals surface area contributed by atoms with Gasteiger partial charge in [-0.1, -0.05) is 12.8 Å². The van der Waals surface area contributed by atoms with Crippen molar-refractivity contribution in [2.24, 2.45) is 0 Å². The Morgan fingerprint density at radius 1 is 1.58 bits per heavy atom. The summed E-state index contributed by atoms with van der Waals surface area (Å²) in [5.74, 6) is 7.28. The Labute approximate surface area is 79.7 Å². The lowest BCUT2D eigenvalue weighted by Crippen LogP contribution is -2.39. The van der Waals surface area contributed by atoms with Crippen molar-refractivity contribution in [3.63, 3.8) is 0 Å². The second kappa shape index (κ2) is 5.50. The van der Waals surface area contributed by atoms with E-state index in [2.05, 4.69) is 35.8 Å². The molecular formula is C10H17NS. The van der Waals surface area contributed by atoms with Gasteiger partial charge in [-0.05, 0) is 25.5 Å². The van der Waals surface area contributed by atoms with Gasteiger partial charge in [0.25, 0.3) is 0 Å². The van der Waals surface area contributed by atoms with E-state index in [0.29, 0.717) is 6.04 Å². The van der Waals surface area contributed by atoms with E-state index in [9.17, 15) is 0 Å². The van der Waals surface area contributed by atoms with Crippen LogP contribution >= 0.6 is 11.8 Å². The van der Waals surface area contributed by atoms with Gasteiger partial charge in [0.1, 0.15) is 0 Å². The molecule has 0 aliphatic carbocycles. The molecule has 2 unspecified atom stereocenters. The van der Waals surface area contributed by atoms with Gasteiger partial charge >= 0.3 is 0 Å². The normalized spacial score (nSPS) is 29.2. The molecule has 1 aliphatic rings. The zero-order valence-corrected chi connectivity index (χ0v) is 8.71. The van der Waals surface area contributed by atoms with Crippen LogP contribution in [0.2, 0.25) is 0 Å². The Hall–Kier alpha value is -0.130. The van der Waals surface area contributed by atoms with Crippen molar-refractivity contribution in [2.75, 3.05) is 12.3 Å². The fourth-order valence-corrected chi connectivity index (χ4v) is 2.63. The average molecular weight is 183 g/mol. The summed E-state index contributed by atoms with van der Waals surface area (Å²) in [6.45, 7) is 5.05. The molecule has 0 radical (unpaired) electrons. The van der Waals surface area contributed by atoms with Gasteiger partial charge in [0.2, 0.25) is 0 Å². The summed E-state index contributed by atoms with van der Waals surface area (Å²) < 4.78 is 0. The predicted molar refractivity (Wildman–Crippen MR) is 56.4 cm³/mol. The van der Waals surface area contributed by atoms with Crippen LogP contribution in [-0.2, 0) is 0 Å². The third-order valence-corrected chi connectivity index (χ3v) is 3.61. The van der Waals surface area contributed by atoms with Crippen molar-refractivity contribution in [2.45, 2.75) is 38.0 Å². The lowest BCUT2D eigenvalue weighted by molar-refractivity contribution is 0.487. The summed E-state index contributed by atoms with van der Waals surface area (Å²) in [5, 5.41) is 4.24. The highest BCUT2D eigenvalue weighted by atomic mass is 32.2. The second-order valence-electron chi connectivity index (χ2n) is 3.13. The Bertz CT molecular complexity index is 180. The van der Waals surface area contributed by atoms with Crippen LogP contribution in [0.15, 0.2) is 0 Å². The molecular weight excluding hydrogens is 166 g/mol. The zero-order chi connectivity index (χ0) is 8.81. The lowest BCUT2D eigenvalue weighted by Gasteiger charge is -2.28. The van der Waals surface area contributed by atoms with Crippen LogP contribution in [0, 0.1) is 11.8 Å². The van der Waals surface area contributed by atoms with Gasteiger partial charge in [-0.3, -0.25) is 0 Å². The summed E-state index contributed by atoms with van der Waals surface area (Å²) in [4.78, 5) is 0. The maximum atomic E-state index is 3.48. The molecule has 0 aromatic carbocycles. The molecule has 0 bridgehead atoms. The van der Waals surface area contributed by atoms with E-state index in [0.717, 1.165) is 11.8 Å². The van der Waals surface area contributed by atoms with E-state index in [-0.39, 0.29) is 0 Å². The standard InChI is InChI=1S/C10H17NS/c1-3-4-7-11-10-6-5-8-12-9(10)2/h9-11H,5-8H2,1-2H3.